The monoisotopic (exact) mass is 390 g/mol. The number of rotatable bonds is 7. The molecule has 0 radical (unpaired) electrons. The lowest BCUT2D eigenvalue weighted by atomic mass is 10.2. The van der Waals surface area contributed by atoms with Crippen LogP contribution in [0, 0.1) is 10.8 Å². The van der Waals surface area contributed by atoms with Crippen LogP contribution in [0.15, 0.2) is 6.07 Å². The summed E-state index contributed by atoms with van der Waals surface area (Å²) in [5.74, 6) is 1.57. The number of aliphatic hydroxyl groups is 1. The van der Waals surface area contributed by atoms with Gasteiger partial charge in [-0.2, -0.15) is 9.97 Å². The van der Waals surface area contributed by atoms with Gasteiger partial charge in [0.25, 0.3) is 0 Å². The molecule has 0 bridgehead atoms. The van der Waals surface area contributed by atoms with Crippen molar-refractivity contribution in [2.45, 2.75) is 33.1 Å². The first-order valence-corrected chi connectivity index (χ1v) is 10.0. The van der Waals surface area contributed by atoms with E-state index in [1.807, 2.05) is 0 Å². The fourth-order valence-corrected chi connectivity index (χ4v) is 4.21. The highest BCUT2D eigenvalue weighted by atomic mass is 32.1. The van der Waals surface area contributed by atoms with Gasteiger partial charge in [-0.05, 0) is 19.4 Å². The van der Waals surface area contributed by atoms with Crippen LogP contribution in [0.1, 0.15) is 31.6 Å². The van der Waals surface area contributed by atoms with Crippen molar-refractivity contribution in [2.24, 2.45) is 0 Å². The van der Waals surface area contributed by atoms with E-state index < -0.39 is 0 Å². The minimum atomic E-state index is 0.0663. The van der Waals surface area contributed by atoms with E-state index >= 15 is 0 Å². The number of hydrogen-bond acceptors (Lipinski definition) is 8. The van der Waals surface area contributed by atoms with E-state index in [1.165, 1.54) is 4.88 Å². The van der Waals surface area contributed by atoms with Crippen LogP contribution in [0.2, 0.25) is 0 Å². The van der Waals surface area contributed by atoms with E-state index in [9.17, 15) is 0 Å². The van der Waals surface area contributed by atoms with Crippen molar-refractivity contribution >= 4 is 39.0 Å². The third-order valence-electron chi connectivity index (χ3n) is 4.40. The van der Waals surface area contributed by atoms with Gasteiger partial charge in [0.05, 0.1) is 24.4 Å². The number of aromatic nitrogens is 2. The number of amidine groups is 2. The third-order valence-corrected chi connectivity index (χ3v) is 5.49. The van der Waals surface area contributed by atoms with Crippen LogP contribution in [0.25, 0.3) is 10.2 Å². The highest BCUT2D eigenvalue weighted by Crippen LogP contribution is 2.33. The van der Waals surface area contributed by atoms with Gasteiger partial charge in [0.2, 0.25) is 0 Å². The summed E-state index contributed by atoms with van der Waals surface area (Å²) in [4.78, 5) is 15.1. The summed E-state index contributed by atoms with van der Waals surface area (Å²) in [7, 11) is 0. The fraction of sp³-hybridized carbons (Fsp3) is 0.556. The lowest BCUT2D eigenvalue weighted by Crippen LogP contribution is -2.51. The minimum Gasteiger partial charge on any atom is -0.463 e. The number of anilines is 1. The van der Waals surface area contributed by atoms with Crippen molar-refractivity contribution in [3.8, 4) is 6.01 Å². The number of nitrogens with one attached hydrogen (secondary N) is 2. The molecule has 2 aromatic rings. The lowest BCUT2D eigenvalue weighted by Gasteiger charge is -2.36. The van der Waals surface area contributed by atoms with Crippen LogP contribution in [-0.2, 0) is 6.42 Å². The molecule has 3 N–H and O–H groups in total. The number of aryl methyl sites for hydroxylation is 1. The maximum Gasteiger partial charge on any atom is 0.319 e. The van der Waals surface area contributed by atoms with E-state index in [0.29, 0.717) is 50.3 Å². The Hall–Kier alpha value is -2.26. The molecule has 0 aliphatic carbocycles. The Bertz CT molecular complexity index is 837. The molecule has 0 spiro atoms. The number of ether oxygens (including phenoxy) is 1. The molecule has 9 heteroatoms. The van der Waals surface area contributed by atoms with Gasteiger partial charge < -0.3 is 19.6 Å². The number of nitrogens with zero attached hydrogens (tertiary/aromatic N) is 4. The predicted octanol–water partition coefficient (Wildman–Crippen LogP) is 2.50. The standard InChI is InChI=1S/C18H26N6O2S/c1-3-5-13-10-14-16(23-6-7-24(12(2)19)15(20)11-23)21-18(22-17(14)27-13)26-9-4-8-25/h10,19-20,25H,3-9,11H2,1-2H3. The number of hydrogen-bond donors (Lipinski definition) is 3. The van der Waals surface area contributed by atoms with E-state index in [1.54, 1.807) is 23.2 Å². The number of piperazine rings is 1. The molecule has 0 amide bonds. The number of fused-ring (bicyclic) bond motifs is 1. The normalized spacial score (nSPS) is 14.9. The van der Waals surface area contributed by atoms with Crippen molar-refractivity contribution in [1.82, 2.24) is 14.9 Å². The summed E-state index contributed by atoms with van der Waals surface area (Å²) in [6, 6.07) is 2.46. The van der Waals surface area contributed by atoms with E-state index in [4.69, 9.17) is 20.7 Å². The first-order chi connectivity index (χ1) is 13.0. The van der Waals surface area contributed by atoms with Gasteiger partial charge >= 0.3 is 6.01 Å². The van der Waals surface area contributed by atoms with Gasteiger partial charge in [-0.3, -0.25) is 10.8 Å². The Morgan fingerprint density at radius 3 is 2.85 bits per heavy atom. The quantitative estimate of drug-likeness (QED) is 0.381. The molecule has 1 fully saturated rings. The van der Waals surface area contributed by atoms with Crippen LogP contribution in [0.4, 0.5) is 5.82 Å². The zero-order chi connectivity index (χ0) is 19.4. The Labute approximate surface area is 162 Å². The van der Waals surface area contributed by atoms with Crippen LogP contribution in [-0.4, -0.2) is 64.5 Å². The lowest BCUT2D eigenvalue weighted by molar-refractivity contribution is 0.225. The molecule has 3 rings (SSSR count). The summed E-state index contributed by atoms with van der Waals surface area (Å²) in [6.07, 6.45) is 2.60. The summed E-state index contributed by atoms with van der Waals surface area (Å²) in [5.41, 5.74) is 0. The first-order valence-electron chi connectivity index (χ1n) is 9.22. The topological polar surface area (TPSA) is 109 Å². The molecule has 0 atom stereocenters. The van der Waals surface area contributed by atoms with E-state index in [0.717, 1.165) is 28.9 Å². The highest BCUT2D eigenvalue weighted by molar-refractivity contribution is 7.18. The summed E-state index contributed by atoms with van der Waals surface area (Å²) in [6.45, 7) is 5.96. The predicted molar refractivity (Wildman–Crippen MR) is 109 cm³/mol. The number of aliphatic hydroxyl groups excluding tert-OH is 1. The molecule has 27 heavy (non-hydrogen) atoms. The Kier molecular flexibility index (Phi) is 6.22. The molecule has 0 unspecified atom stereocenters. The zero-order valence-corrected chi connectivity index (χ0v) is 16.6. The van der Waals surface area contributed by atoms with Crippen molar-refractivity contribution in [2.75, 3.05) is 37.7 Å². The zero-order valence-electron chi connectivity index (χ0n) is 15.8. The van der Waals surface area contributed by atoms with Gasteiger partial charge in [0, 0.05) is 31.0 Å². The largest absolute Gasteiger partial charge is 0.463 e. The molecule has 8 nitrogen and oxygen atoms in total. The molecule has 1 saturated heterocycles. The molecular weight excluding hydrogens is 364 g/mol. The minimum absolute atomic E-state index is 0.0663. The summed E-state index contributed by atoms with van der Waals surface area (Å²) in [5, 5.41) is 26.0. The summed E-state index contributed by atoms with van der Waals surface area (Å²) < 4.78 is 5.64. The van der Waals surface area contributed by atoms with Crippen molar-refractivity contribution in [3.05, 3.63) is 10.9 Å². The van der Waals surface area contributed by atoms with Crippen molar-refractivity contribution < 1.29 is 9.84 Å². The molecule has 1 aliphatic heterocycles. The summed E-state index contributed by atoms with van der Waals surface area (Å²) >= 11 is 1.65. The van der Waals surface area contributed by atoms with Crippen LogP contribution in [0.5, 0.6) is 6.01 Å². The second-order valence-electron chi connectivity index (χ2n) is 6.54. The second kappa shape index (κ2) is 8.62. The molecule has 0 aromatic carbocycles. The number of thiophene rings is 1. The SMILES string of the molecule is CCCc1cc2c(N3CCN(C(C)=N)C(=N)C3)nc(OCCCO)nc2s1. The average Bonchev–Trinajstić information content (AvgIpc) is 3.03. The molecule has 1 aliphatic rings. The molecular formula is C18H26N6O2S. The molecule has 3 heterocycles. The van der Waals surface area contributed by atoms with E-state index in [2.05, 4.69) is 27.9 Å². The fourth-order valence-electron chi connectivity index (χ4n) is 3.09. The molecule has 2 aromatic heterocycles. The van der Waals surface area contributed by atoms with Gasteiger partial charge in [0.15, 0.2) is 0 Å². The van der Waals surface area contributed by atoms with Gasteiger partial charge in [-0.15, -0.1) is 11.3 Å². The first kappa shape index (κ1) is 19.5. The average molecular weight is 391 g/mol. The highest BCUT2D eigenvalue weighted by Gasteiger charge is 2.26. The van der Waals surface area contributed by atoms with Crippen molar-refractivity contribution in [1.29, 1.82) is 10.8 Å². The molecule has 146 valence electrons. The molecule has 0 saturated carbocycles. The van der Waals surface area contributed by atoms with Crippen LogP contribution < -0.4 is 9.64 Å². The maximum absolute atomic E-state index is 8.96. The smallest absolute Gasteiger partial charge is 0.319 e. The van der Waals surface area contributed by atoms with Gasteiger partial charge in [-0.1, -0.05) is 13.3 Å². The Morgan fingerprint density at radius 2 is 2.19 bits per heavy atom. The third kappa shape index (κ3) is 4.36. The van der Waals surface area contributed by atoms with Crippen LogP contribution >= 0.6 is 11.3 Å². The second-order valence-corrected chi connectivity index (χ2v) is 7.66. The maximum atomic E-state index is 8.96. The van der Waals surface area contributed by atoms with Crippen LogP contribution in [0.3, 0.4) is 0 Å². The van der Waals surface area contributed by atoms with Gasteiger partial charge in [0.1, 0.15) is 16.5 Å². The van der Waals surface area contributed by atoms with Crippen molar-refractivity contribution in [3.63, 3.8) is 0 Å². The Balaban J connectivity index is 1.93. The Morgan fingerprint density at radius 1 is 1.37 bits per heavy atom. The van der Waals surface area contributed by atoms with Gasteiger partial charge in [-0.25, -0.2) is 0 Å². The van der Waals surface area contributed by atoms with E-state index in [-0.39, 0.29) is 6.61 Å².